The molecule has 0 N–H and O–H groups in total. The largest absolute Gasteiger partial charge is 0.299 e. The summed E-state index contributed by atoms with van der Waals surface area (Å²) < 4.78 is 0. The molecule has 0 fully saturated rings. The molecule has 1 unspecified atom stereocenters. The third-order valence-electron chi connectivity index (χ3n) is 3.33. The lowest BCUT2D eigenvalue weighted by molar-refractivity contribution is -0.119. The summed E-state index contributed by atoms with van der Waals surface area (Å²) in [7, 11) is 0. The molecule has 0 spiro atoms. The summed E-state index contributed by atoms with van der Waals surface area (Å²) in [6.45, 7) is 0. The average molecular weight is 256 g/mol. The second-order valence-corrected chi connectivity index (χ2v) is 5.46. The molecule has 3 heteroatoms. The van der Waals surface area contributed by atoms with E-state index in [1.807, 2.05) is 41.8 Å². The van der Waals surface area contributed by atoms with Gasteiger partial charge in [0, 0.05) is 12.8 Å². The topological polar surface area (TPSA) is 34.1 Å². The van der Waals surface area contributed by atoms with Gasteiger partial charge in [0.25, 0.3) is 0 Å². The number of hydrogen-bond donors (Lipinski definition) is 0. The molecule has 1 atom stereocenters. The van der Waals surface area contributed by atoms with Crippen LogP contribution in [0.2, 0.25) is 0 Å². The predicted molar refractivity (Wildman–Crippen MR) is 71.2 cm³/mol. The van der Waals surface area contributed by atoms with E-state index in [-0.39, 0.29) is 17.5 Å². The Kier molecular flexibility index (Phi) is 2.84. The van der Waals surface area contributed by atoms with Crippen LogP contribution < -0.4 is 0 Å². The highest BCUT2D eigenvalue weighted by atomic mass is 32.1. The summed E-state index contributed by atoms with van der Waals surface area (Å²) in [5, 5.41) is 1.89. The van der Waals surface area contributed by atoms with Crippen LogP contribution in [0.5, 0.6) is 0 Å². The Balaban J connectivity index is 2.03. The zero-order valence-electron chi connectivity index (χ0n) is 9.76. The molecule has 0 amide bonds. The van der Waals surface area contributed by atoms with Crippen molar-refractivity contribution in [3.05, 3.63) is 57.8 Å². The van der Waals surface area contributed by atoms with E-state index >= 15 is 0 Å². The molecule has 1 aromatic carbocycles. The molecule has 18 heavy (non-hydrogen) atoms. The fourth-order valence-electron chi connectivity index (χ4n) is 2.48. The molecule has 1 aliphatic rings. The first-order valence-electron chi connectivity index (χ1n) is 5.93. The van der Waals surface area contributed by atoms with Gasteiger partial charge in [-0.15, -0.1) is 11.3 Å². The number of carbonyl (C=O) groups excluding carboxylic acids is 2. The van der Waals surface area contributed by atoms with Gasteiger partial charge in [0.15, 0.2) is 5.78 Å². The van der Waals surface area contributed by atoms with E-state index in [1.54, 1.807) is 0 Å². The quantitative estimate of drug-likeness (QED) is 0.773. The summed E-state index contributed by atoms with van der Waals surface area (Å²) >= 11 is 1.44. The smallest absolute Gasteiger partial charge is 0.180 e. The standard InChI is InChI=1S/C15H12O2S/c16-11-8-10-4-1-2-5-12(10)13(9-11)15(17)14-6-3-7-18-14/h1-7,13H,8-9H2. The Morgan fingerprint density at radius 2 is 2.00 bits per heavy atom. The van der Waals surface area contributed by atoms with E-state index in [4.69, 9.17) is 0 Å². The number of Topliss-reactive ketones (excluding diaryl/α,β-unsaturated/α-hetero) is 2. The van der Waals surface area contributed by atoms with Crippen molar-refractivity contribution in [1.29, 1.82) is 0 Å². The molecule has 1 aliphatic carbocycles. The highest BCUT2D eigenvalue weighted by molar-refractivity contribution is 7.12. The zero-order chi connectivity index (χ0) is 12.5. The van der Waals surface area contributed by atoms with Crippen molar-refractivity contribution in [3.63, 3.8) is 0 Å². The highest BCUT2D eigenvalue weighted by Crippen LogP contribution is 2.33. The fourth-order valence-corrected chi connectivity index (χ4v) is 3.20. The lowest BCUT2D eigenvalue weighted by atomic mass is 9.79. The van der Waals surface area contributed by atoms with Crippen LogP contribution in [0, 0.1) is 0 Å². The Morgan fingerprint density at radius 3 is 2.78 bits per heavy atom. The van der Waals surface area contributed by atoms with Gasteiger partial charge in [-0.05, 0) is 22.6 Å². The summed E-state index contributed by atoms with van der Waals surface area (Å²) in [5.41, 5.74) is 2.03. The molecule has 1 aromatic heterocycles. The maximum atomic E-state index is 12.4. The number of ketones is 2. The molecular formula is C15H12O2S. The van der Waals surface area contributed by atoms with Crippen molar-refractivity contribution in [2.24, 2.45) is 0 Å². The summed E-state index contributed by atoms with van der Waals surface area (Å²) in [6, 6.07) is 11.5. The third-order valence-corrected chi connectivity index (χ3v) is 4.21. The molecule has 0 radical (unpaired) electrons. The Labute approximate surface area is 109 Å². The van der Waals surface area contributed by atoms with Crippen molar-refractivity contribution >= 4 is 22.9 Å². The Bertz CT molecular complexity index is 599. The van der Waals surface area contributed by atoms with Crippen molar-refractivity contribution < 1.29 is 9.59 Å². The Hall–Kier alpha value is -1.74. The van der Waals surface area contributed by atoms with E-state index in [2.05, 4.69) is 0 Å². The van der Waals surface area contributed by atoms with Crippen LogP contribution in [0.25, 0.3) is 0 Å². The zero-order valence-corrected chi connectivity index (χ0v) is 10.6. The van der Waals surface area contributed by atoms with Gasteiger partial charge >= 0.3 is 0 Å². The van der Waals surface area contributed by atoms with Gasteiger partial charge < -0.3 is 0 Å². The predicted octanol–water partition coefficient (Wildman–Crippen LogP) is 3.23. The van der Waals surface area contributed by atoms with Gasteiger partial charge in [-0.2, -0.15) is 0 Å². The van der Waals surface area contributed by atoms with E-state index in [1.165, 1.54) is 11.3 Å². The average Bonchev–Trinajstić information content (AvgIpc) is 2.90. The van der Waals surface area contributed by atoms with E-state index in [9.17, 15) is 9.59 Å². The Morgan fingerprint density at radius 1 is 1.17 bits per heavy atom. The molecule has 0 saturated heterocycles. The lowest BCUT2D eigenvalue weighted by Crippen LogP contribution is -2.24. The first-order chi connectivity index (χ1) is 8.75. The van der Waals surface area contributed by atoms with Gasteiger partial charge in [0.2, 0.25) is 0 Å². The number of rotatable bonds is 2. The second kappa shape index (κ2) is 4.50. The van der Waals surface area contributed by atoms with Crippen LogP contribution in [-0.4, -0.2) is 11.6 Å². The van der Waals surface area contributed by atoms with Crippen LogP contribution in [-0.2, 0) is 11.2 Å². The van der Waals surface area contributed by atoms with Gasteiger partial charge in [0.05, 0.1) is 10.8 Å². The van der Waals surface area contributed by atoms with E-state index in [0.29, 0.717) is 12.8 Å². The molecule has 1 heterocycles. The van der Waals surface area contributed by atoms with Gasteiger partial charge in [-0.25, -0.2) is 0 Å². The number of carbonyl (C=O) groups is 2. The normalized spacial score (nSPS) is 18.4. The van der Waals surface area contributed by atoms with E-state index < -0.39 is 0 Å². The van der Waals surface area contributed by atoms with Crippen molar-refractivity contribution in [3.8, 4) is 0 Å². The van der Waals surface area contributed by atoms with Crippen LogP contribution in [0.4, 0.5) is 0 Å². The SMILES string of the molecule is O=C1Cc2ccccc2C(C(=O)c2cccs2)C1. The summed E-state index contributed by atoms with van der Waals surface area (Å²) in [4.78, 5) is 24.9. The minimum absolute atomic E-state index is 0.0745. The molecule has 0 bridgehead atoms. The maximum absolute atomic E-state index is 12.4. The number of hydrogen-bond acceptors (Lipinski definition) is 3. The van der Waals surface area contributed by atoms with Crippen LogP contribution in [0.3, 0.4) is 0 Å². The van der Waals surface area contributed by atoms with Crippen molar-refractivity contribution in [2.45, 2.75) is 18.8 Å². The first kappa shape index (κ1) is 11.4. The number of fused-ring (bicyclic) bond motifs is 1. The molecule has 2 aromatic rings. The molecular weight excluding hydrogens is 244 g/mol. The number of thiophene rings is 1. The van der Waals surface area contributed by atoms with Crippen LogP contribution >= 0.6 is 11.3 Å². The van der Waals surface area contributed by atoms with Crippen molar-refractivity contribution in [2.75, 3.05) is 0 Å². The summed E-state index contributed by atoms with van der Waals surface area (Å²) in [5.74, 6) is -0.0600. The minimum atomic E-state index is -0.291. The van der Waals surface area contributed by atoms with Crippen molar-refractivity contribution in [1.82, 2.24) is 0 Å². The molecule has 0 aliphatic heterocycles. The fraction of sp³-hybridized carbons (Fsp3) is 0.200. The third kappa shape index (κ3) is 1.91. The van der Waals surface area contributed by atoms with Gasteiger partial charge in [0.1, 0.15) is 5.78 Å². The molecule has 3 rings (SSSR count). The van der Waals surface area contributed by atoms with Gasteiger partial charge in [-0.3, -0.25) is 9.59 Å². The lowest BCUT2D eigenvalue weighted by Gasteiger charge is -2.23. The van der Waals surface area contributed by atoms with Crippen LogP contribution in [0.1, 0.15) is 33.1 Å². The van der Waals surface area contributed by atoms with Gasteiger partial charge in [-0.1, -0.05) is 30.3 Å². The molecule has 0 saturated carbocycles. The minimum Gasteiger partial charge on any atom is -0.299 e. The molecule has 90 valence electrons. The highest BCUT2D eigenvalue weighted by Gasteiger charge is 2.31. The number of benzene rings is 1. The maximum Gasteiger partial charge on any atom is 0.180 e. The first-order valence-corrected chi connectivity index (χ1v) is 6.81. The monoisotopic (exact) mass is 256 g/mol. The second-order valence-electron chi connectivity index (χ2n) is 4.51. The van der Waals surface area contributed by atoms with E-state index in [0.717, 1.165) is 16.0 Å². The summed E-state index contributed by atoms with van der Waals surface area (Å²) in [6.07, 6.45) is 0.804. The van der Waals surface area contributed by atoms with Crippen LogP contribution in [0.15, 0.2) is 41.8 Å². The molecule has 2 nitrogen and oxygen atoms in total.